The van der Waals surface area contributed by atoms with Crippen molar-refractivity contribution in [2.45, 2.75) is 37.6 Å². The molecule has 2 amide bonds. The fraction of sp³-hybridized carbons (Fsp3) is 0.476. The van der Waals surface area contributed by atoms with E-state index in [2.05, 4.69) is 10.3 Å². The van der Waals surface area contributed by atoms with Crippen LogP contribution >= 0.6 is 0 Å². The quantitative estimate of drug-likeness (QED) is 0.832. The van der Waals surface area contributed by atoms with Gasteiger partial charge in [0.05, 0.1) is 11.6 Å². The van der Waals surface area contributed by atoms with Gasteiger partial charge in [0.2, 0.25) is 0 Å². The molecule has 1 atom stereocenters. The van der Waals surface area contributed by atoms with Gasteiger partial charge in [-0.05, 0) is 49.1 Å². The number of urea groups is 1. The highest BCUT2D eigenvalue weighted by molar-refractivity contribution is 5.89. The van der Waals surface area contributed by atoms with Gasteiger partial charge in [-0.15, -0.1) is 0 Å². The Morgan fingerprint density at radius 3 is 2.50 bits per heavy atom. The number of aromatic nitrogens is 2. The summed E-state index contributed by atoms with van der Waals surface area (Å²) < 4.78 is 1.97. The lowest BCUT2D eigenvalue weighted by Gasteiger charge is -2.34. The van der Waals surface area contributed by atoms with Crippen LogP contribution in [0.25, 0.3) is 0 Å². The van der Waals surface area contributed by atoms with Gasteiger partial charge in [0, 0.05) is 32.5 Å². The summed E-state index contributed by atoms with van der Waals surface area (Å²) in [5, 5.41) is 12.6. The minimum Gasteiger partial charge on any atom is -0.478 e. The van der Waals surface area contributed by atoms with E-state index in [0.717, 1.165) is 37.1 Å². The van der Waals surface area contributed by atoms with Crippen LogP contribution < -0.4 is 5.32 Å². The Balaban J connectivity index is 1.39. The third-order valence-corrected chi connectivity index (χ3v) is 5.92. The summed E-state index contributed by atoms with van der Waals surface area (Å²) in [5.74, 6) is 0.648. The third kappa shape index (κ3) is 3.74. The molecule has 28 heavy (non-hydrogen) atoms. The van der Waals surface area contributed by atoms with Gasteiger partial charge in [-0.3, -0.25) is 0 Å². The average Bonchev–Trinajstić information content (AvgIpc) is 3.47. The fourth-order valence-electron chi connectivity index (χ4n) is 4.17. The molecule has 1 saturated heterocycles. The number of hydrogen-bond donors (Lipinski definition) is 2. The number of piperidine rings is 1. The van der Waals surface area contributed by atoms with Crippen LogP contribution in [-0.4, -0.2) is 44.6 Å². The molecule has 0 radical (unpaired) electrons. The first-order valence-electron chi connectivity index (χ1n) is 9.89. The lowest BCUT2D eigenvalue weighted by Crippen LogP contribution is -2.46. The molecule has 148 valence electrons. The fourth-order valence-corrected chi connectivity index (χ4v) is 4.17. The third-order valence-electron chi connectivity index (χ3n) is 5.92. The number of imidazole rings is 1. The lowest BCUT2D eigenvalue weighted by molar-refractivity contribution is 0.0694. The second-order valence-corrected chi connectivity index (χ2v) is 7.81. The van der Waals surface area contributed by atoms with Crippen LogP contribution in [0.1, 0.15) is 59.4 Å². The number of amides is 2. The Hall–Kier alpha value is -2.83. The van der Waals surface area contributed by atoms with E-state index in [9.17, 15) is 14.7 Å². The van der Waals surface area contributed by atoms with Gasteiger partial charge >= 0.3 is 12.0 Å². The number of hydrogen-bond acceptors (Lipinski definition) is 3. The van der Waals surface area contributed by atoms with E-state index in [1.54, 1.807) is 18.3 Å². The zero-order chi connectivity index (χ0) is 19.7. The first-order valence-corrected chi connectivity index (χ1v) is 9.89. The summed E-state index contributed by atoms with van der Waals surface area (Å²) in [6.07, 6.45) is 7.45. The van der Waals surface area contributed by atoms with Crippen molar-refractivity contribution in [1.29, 1.82) is 0 Å². The highest BCUT2D eigenvalue weighted by atomic mass is 16.4. The van der Waals surface area contributed by atoms with Gasteiger partial charge in [-0.1, -0.05) is 18.2 Å². The second kappa shape index (κ2) is 7.66. The topological polar surface area (TPSA) is 87.5 Å². The Morgan fingerprint density at radius 2 is 1.89 bits per heavy atom. The Bertz CT molecular complexity index is 866. The molecule has 2 fully saturated rings. The molecule has 1 saturated carbocycles. The van der Waals surface area contributed by atoms with Gasteiger partial charge in [0.25, 0.3) is 0 Å². The molecule has 2 N–H and O–H groups in total. The number of carbonyl (C=O) groups excluding carboxylic acids is 1. The van der Waals surface area contributed by atoms with Crippen molar-refractivity contribution in [2.75, 3.05) is 13.1 Å². The molecule has 7 heteroatoms. The van der Waals surface area contributed by atoms with Gasteiger partial charge in [-0.25, -0.2) is 14.6 Å². The summed E-state index contributed by atoms with van der Waals surface area (Å²) >= 11 is 0. The van der Waals surface area contributed by atoms with E-state index in [4.69, 9.17) is 0 Å². The monoisotopic (exact) mass is 382 g/mol. The number of nitrogens with zero attached hydrogens (tertiary/aromatic N) is 3. The molecule has 2 aliphatic rings. The summed E-state index contributed by atoms with van der Waals surface area (Å²) in [6.45, 7) is 1.25. The van der Waals surface area contributed by atoms with Crippen LogP contribution in [0.3, 0.4) is 0 Å². The molecule has 1 aliphatic carbocycles. The largest absolute Gasteiger partial charge is 0.478 e. The molecule has 0 bridgehead atoms. The lowest BCUT2D eigenvalue weighted by atomic mass is 9.86. The maximum atomic E-state index is 12.8. The molecule has 2 aromatic rings. The summed E-state index contributed by atoms with van der Waals surface area (Å²) in [4.78, 5) is 30.6. The van der Waals surface area contributed by atoms with Gasteiger partial charge in [0.1, 0.15) is 5.82 Å². The van der Waals surface area contributed by atoms with Crippen molar-refractivity contribution in [3.8, 4) is 0 Å². The zero-order valence-corrected chi connectivity index (χ0v) is 16.0. The standard InChI is InChI=1S/C21H26N4O3/c1-24-13-10-22-19(24)18(15-6-7-15)23-21(28)25-11-8-14(9-12-25)16-4-2-3-5-17(16)20(26)27/h2-5,10,13-15,18H,6-9,11-12H2,1H3,(H,23,28)(H,26,27). The molecular formula is C21H26N4O3. The molecule has 4 rings (SSSR count). The van der Waals surface area contributed by atoms with Gasteiger partial charge < -0.3 is 19.9 Å². The number of aromatic carboxylic acids is 1. The van der Waals surface area contributed by atoms with Crippen LogP contribution in [0, 0.1) is 5.92 Å². The van der Waals surface area contributed by atoms with Crippen LogP contribution in [0.4, 0.5) is 4.79 Å². The van der Waals surface area contributed by atoms with E-state index < -0.39 is 5.97 Å². The molecule has 1 unspecified atom stereocenters. The number of carboxylic acid groups (broad SMARTS) is 1. The second-order valence-electron chi connectivity index (χ2n) is 7.81. The van der Waals surface area contributed by atoms with Crippen LogP contribution in [0.2, 0.25) is 0 Å². The maximum absolute atomic E-state index is 12.8. The number of rotatable bonds is 5. The van der Waals surface area contributed by atoms with E-state index in [0.29, 0.717) is 24.6 Å². The number of nitrogens with one attached hydrogen (secondary N) is 1. The van der Waals surface area contributed by atoms with Crippen molar-refractivity contribution in [3.63, 3.8) is 0 Å². The Morgan fingerprint density at radius 1 is 1.18 bits per heavy atom. The van der Waals surface area contributed by atoms with E-state index in [-0.39, 0.29) is 18.0 Å². The average molecular weight is 382 g/mol. The first-order chi connectivity index (χ1) is 13.5. The van der Waals surface area contributed by atoms with Crippen LogP contribution in [-0.2, 0) is 7.05 Å². The smallest absolute Gasteiger partial charge is 0.335 e. The molecular weight excluding hydrogens is 356 g/mol. The van der Waals surface area contributed by atoms with Crippen molar-refractivity contribution in [3.05, 3.63) is 53.6 Å². The number of likely N-dealkylation sites (tertiary alicyclic amines) is 1. The SMILES string of the molecule is Cn1ccnc1C(NC(=O)N1CCC(c2ccccc2C(=O)O)CC1)C1CC1. The predicted molar refractivity (Wildman–Crippen MR) is 104 cm³/mol. The molecule has 7 nitrogen and oxygen atoms in total. The van der Waals surface area contributed by atoms with Crippen LogP contribution in [0.5, 0.6) is 0 Å². The van der Waals surface area contributed by atoms with Crippen molar-refractivity contribution in [1.82, 2.24) is 19.8 Å². The maximum Gasteiger partial charge on any atom is 0.335 e. The number of carbonyl (C=O) groups is 2. The van der Waals surface area contributed by atoms with E-state index in [1.807, 2.05) is 34.8 Å². The summed E-state index contributed by atoms with van der Waals surface area (Å²) in [5.41, 5.74) is 1.24. The van der Waals surface area contributed by atoms with Gasteiger partial charge in [-0.2, -0.15) is 0 Å². The highest BCUT2D eigenvalue weighted by Crippen LogP contribution is 2.40. The molecule has 1 aliphatic heterocycles. The van der Waals surface area contributed by atoms with E-state index in [1.165, 1.54) is 0 Å². The summed E-state index contributed by atoms with van der Waals surface area (Å²) in [7, 11) is 1.95. The predicted octanol–water partition coefficient (Wildman–Crippen LogP) is 3.16. The number of carboxylic acids is 1. The van der Waals surface area contributed by atoms with Crippen LogP contribution in [0.15, 0.2) is 36.7 Å². The molecule has 2 heterocycles. The van der Waals surface area contributed by atoms with Gasteiger partial charge in [0.15, 0.2) is 0 Å². The Kier molecular flexibility index (Phi) is 5.07. The van der Waals surface area contributed by atoms with Crippen molar-refractivity contribution < 1.29 is 14.7 Å². The normalized spacial score (nSPS) is 18.7. The number of benzene rings is 1. The molecule has 0 spiro atoms. The molecule has 1 aromatic heterocycles. The van der Waals surface area contributed by atoms with E-state index >= 15 is 0 Å². The van der Waals surface area contributed by atoms with Crippen molar-refractivity contribution in [2.24, 2.45) is 13.0 Å². The Labute approximate surface area is 164 Å². The minimum absolute atomic E-state index is 0.0436. The zero-order valence-electron chi connectivity index (χ0n) is 16.0. The first kappa shape index (κ1) is 18.5. The molecule has 1 aromatic carbocycles. The summed E-state index contributed by atoms with van der Waals surface area (Å²) in [6, 6.07) is 7.10. The van der Waals surface area contributed by atoms with Crippen molar-refractivity contribution >= 4 is 12.0 Å². The number of aryl methyl sites for hydroxylation is 1. The minimum atomic E-state index is -0.891. The highest BCUT2D eigenvalue weighted by Gasteiger charge is 2.37.